The summed E-state index contributed by atoms with van der Waals surface area (Å²) < 4.78 is 149. The van der Waals surface area contributed by atoms with Crippen molar-refractivity contribution in [1.29, 1.82) is 0 Å². The molecule has 0 aliphatic heterocycles. The van der Waals surface area contributed by atoms with E-state index in [1.165, 1.54) is 18.2 Å². The van der Waals surface area contributed by atoms with E-state index < -0.39 is 39.1 Å². The van der Waals surface area contributed by atoms with Gasteiger partial charge in [0.15, 0.2) is 5.58 Å². The molecule has 0 saturated heterocycles. The van der Waals surface area contributed by atoms with Crippen molar-refractivity contribution in [1.82, 2.24) is 0 Å². The maximum Gasteiger partial charge on any atom is 0.460 e. The van der Waals surface area contributed by atoms with E-state index >= 15 is 0 Å². The van der Waals surface area contributed by atoms with Crippen LogP contribution < -0.4 is 4.18 Å². The highest BCUT2D eigenvalue weighted by Crippen LogP contribution is 2.55. The summed E-state index contributed by atoms with van der Waals surface area (Å²) in [5.74, 6) is -15.9. The van der Waals surface area contributed by atoms with Crippen molar-refractivity contribution in [2.75, 3.05) is 0 Å². The second kappa shape index (κ2) is 6.82. The van der Waals surface area contributed by atoms with Gasteiger partial charge in [-0.2, -0.15) is 47.9 Å². The molecule has 0 radical (unpaired) electrons. The molecule has 0 unspecified atom stereocenters. The van der Waals surface area contributed by atoms with E-state index in [1.54, 1.807) is 0 Å². The highest BCUT2D eigenvalue weighted by atomic mass is 35.5. The van der Waals surface area contributed by atoms with Crippen molar-refractivity contribution in [3.05, 3.63) is 41.4 Å². The van der Waals surface area contributed by atoms with Gasteiger partial charge < -0.3 is 8.60 Å². The molecule has 0 saturated carbocycles. The third-order valence-electron chi connectivity index (χ3n) is 4.06. The van der Waals surface area contributed by atoms with Crippen LogP contribution in [0.2, 0.25) is 5.02 Å². The molecule has 0 fully saturated rings. The van der Waals surface area contributed by atoms with Crippen LogP contribution in [0.15, 0.2) is 40.8 Å². The second-order valence-electron chi connectivity index (χ2n) is 6.08. The van der Waals surface area contributed by atoms with Gasteiger partial charge >= 0.3 is 33.4 Å². The minimum Gasteiger partial charge on any atom is -0.454 e. The highest BCUT2D eigenvalue weighted by Gasteiger charge is 2.86. The van der Waals surface area contributed by atoms with Crippen LogP contribution in [0.1, 0.15) is 0 Å². The zero-order valence-corrected chi connectivity index (χ0v) is 15.9. The first-order valence-corrected chi connectivity index (χ1v) is 9.47. The smallest absolute Gasteiger partial charge is 0.454 e. The molecule has 0 spiro atoms. The Kier molecular flexibility index (Phi) is 5.13. The number of hydrogen-bond acceptors (Lipinski definition) is 4. The first kappa shape index (κ1) is 23.3. The Hall–Kier alpha value is -2.35. The standard InChI is InChI=1S/C16H6ClF9O4S/c17-10-3-1-2-9-8-5-4-7(6-11(8)29-12(9)10)30-31(27,28)16(25,26)14(20,21)13(18,19)15(22,23)24/h1-6H. The number of alkyl halides is 9. The minimum absolute atomic E-state index is 0.0841. The molecule has 0 atom stereocenters. The Bertz CT molecular complexity index is 1270. The van der Waals surface area contributed by atoms with Crippen LogP contribution in [0.4, 0.5) is 39.5 Å². The normalized spacial score (nSPS) is 14.4. The lowest BCUT2D eigenvalue weighted by molar-refractivity contribution is -0.382. The van der Waals surface area contributed by atoms with Crippen molar-refractivity contribution in [3.63, 3.8) is 0 Å². The van der Waals surface area contributed by atoms with Gasteiger partial charge in [-0.15, -0.1) is 0 Å². The Morgan fingerprint density at radius 3 is 2.03 bits per heavy atom. The van der Waals surface area contributed by atoms with Crippen LogP contribution in [0.5, 0.6) is 5.75 Å². The Balaban J connectivity index is 2.03. The maximum atomic E-state index is 13.7. The monoisotopic (exact) mass is 500 g/mol. The highest BCUT2D eigenvalue weighted by molar-refractivity contribution is 7.88. The molecule has 1 heterocycles. The second-order valence-corrected chi connectivity index (χ2v) is 8.07. The summed E-state index contributed by atoms with van der Waals surface area (Å²) in [6, 6.07) is 6.78. The molecule has 0 aliphatic carbocycles. The van der Waals surface area contributed by atoms with E-state index in [-0.39, 0.29) is 21.6 Å². The molecule has 2 aromatic carbocycles. The fraction of sp³-hybridized carbons (Fsp3) is 0.250. The summed E-state index contributed by atoms with van der Waals surface area (Å²) in [4.78, 5) is 0. The van der Waals surface area contributed by atoms with Crippen molar-refractivity contribution < 1.29 is 56.5 Å². The SMILES string of the molecule is O=S(=O)(Oc1ccc2c(c1)oc1c(Cl)cccc12)C(F)(F)C(F)(F)C(F)(F)C(F)(F)F. The van der Waals surface area contributed by atoms with Crippen LogP contribution in [-0.4, -0.2) is 31.7 Å². The van der Waals surface area contributed by atoms with Crippen molar-refractivity contribution in [2.24, 2.45) is 0 Å². The molecule has 3 rings (SSSR count). The molecule has 170 valence electrons. The van der Waals surface area contributed by atoms with E-state index in [0.29, 0.717) is 17.5 Å². The average Bonchev–Trinajstić information content (AvgIpc) is 2.99. The third-order valence-corrected chi connectivity index (χ3v) is 5.65. The minimum atomic E-state index is -7.39. The van der Waals surface area contributed by atoms with E-state index in [9.17, 15) is 47.9 Å². The first-order chi connectivity index (χ1) is 13.9. The van der Waals surface area contributed by atoms with Gasteiger partial charge in [0.25, 0.3) is 0 Å². The number of rotatable bonds is 5. The number of halogens is 10. The molecule has 0 bridgehead atoms. The number of benzene rings is 2. The van der Waals surface area contributed by atoms with E-state index in [1.807, 2.05) is 0 Å². The number of furan rings is 1. The molecular formula is C16H6ClF9O4S. The van der Waals surface area contributed by atoms with E-state index in [4.69, 9.17) is 16.0 Å². The van der Waals surface area contributed by atoms with Crippen molar-refractivity contribution >= 4 is 43.7 Å². The molecule has 1 aromatic heterocycles. The maximum absolute atomic E-state index is 13.7. The van der Waals surface area contributed by atoms with Crippen LogP contribution in [0.3, 0.4) is 0 Å². The van der Waals surface area contributed by atoms with E-state index in [0.717, 1.165) is 6.07 Å². The Labute approximate surface area is 171 Å². The topological polar surface area (TPSA) is 56.5 Å². The third kappa shape index (κ3) is 3.35. The first-order valence-electron chi connectivity index (χ1n) is 7.69. The summed E-state index contributed by atoms with van der Waals surface area (Å²) in [6.07, 6.45) is -7.18. The van der Waals surface area contributed by atoms with Gasteiger partial charge in [0.2, 0.25) is 0 Å². The van der Waals surface area contributed by atoms with Crippen molar-refractivity contribution in [2.45, 2.75) is 23.3 Å². The Morgan fingerprint density at radius 1 is 0.839 bits per heavy atom. The molecule has 0 aliphatic rings. The van der Waals surface area contributed by atoms with Gasteiger partial charge in [0.05, 0.1) is 5.02 Å². The van der Waals surface area contributed by atoms with Crippen LogP contribution in [0, 0.1) is 0 Å². The van der Waals surface area contributed by atoms with Gasteiger partial charge in [0.1, 0.15) is 11.3 Å². The molecule has 0 N–H and O–H groups in total. The summed E-state index contributed by atoms with van der Waals surface area (Å²) in [6.45, 7) is 0. The Morgan fingerprint density at radius 2 is 1.45 bits per heavy atom. The molecule has 4 nitrogen and oxygen atoms in total. The fourth-order valence-electron chi connectivity index (χ4n) is 2.49. The van der Waals surface area contributed by atoms with Gasteiger partial charge in [-0.3, -0.25) is 0 Å². The number of fused-ring (bicyclic) bond motifs is 3. The van der Waals surface area contributed by atoms with Crippen molar-refractivity contribution in [3.8, 4) is 5.75 Å². The number of hydrogen-bond donors (Lipinski definition) is 0. The predicted octanol–water partition coefficient (Wildman–Crippen LogP) is 6.37. The lowest BCUT2D eigenvalue weighted by Gasteiger charge is -2.32. The number of para-hydroxylation sites is 1. The van der Waals surface area contributed by atoms with Gasteiger partial charge in [-0.1, -0.05) is 23.7 Å². The van der Waals surface area contributed by atoms with Gasteiger partial charge in [0, 0.05) is 16.8 Å². The lowest BCUT2D eigenvalue weighted by Crippen LogP contribution is -2.63. The summed E-state index contributed by atoms with van der Waals surface area (Å²) in [5, 5.41) is -6.23. The zero-order valence-electron chi connectivity index (χ0n) is 14.3. The average molecular weight is 501 g/mol. The predicted molar refractivity (Wildman–Crippen MR) is 89.2 cm³/mol. The molecule has 3 aromatic rings. The summed E-state index contributed by atoms with van der Waals surface area (Å²) in [7, 11) is -7.05. The van der Waals surface area contributed by atoms with Crippen LogP contribution in [-0.2, 0) is 10.1 Å². The largest absolute Gasteiger partial charge is 0.460 e. The van der Waals surface area contributed by atoms with Crippen LogP contribution >= 0.6 is 11.6 Å². The van der Waals surface area contributed by atoms with E-state index in [2.05, 4.69) is 4.18 Å². The molecule has 31 heavy (non-hydrogen) atoms. The molecule has 15 heteroatoms. The van der Waals surface area contributed by atoms with Crippen LogP contribution in [0.25, 0.3) is 21.9 Å². The fourth-order valence-corrected chi connectivity index (χ4v) is 3.61. The lowest BCUT2D eigenvalue weighted by atomic mass is 10.1. The quantitative estimate of drug-likeness (QED) is 0.302. The zero-order chi connectivity index (χ0) is 23.6. The van der Waals surface area contributed by atoms with Gasteiger partial charge in [-0.05, 0) is 18.2 Å². The summed E-state index contributed by atoms with van der Waals surface area (Å²) >= 11 is 5.90. The molecular weight excluding hydrogens is 495 g/mol. The van der Waals surface area contributed by atoms with Gasteiger partial charge in [-0.25, -0.2) is 0 Å². The molecule has 0 amide bonds. The summed E-state index contributed by atoms with van der Waals surface area (Å²) in [5.41, 5.74) is -0.146.